The molecule has 0 aliphatic rings. The molecule has 7 heteroatoms. The Morgan fingerprint density at radius 2 is 1.69 bits per heavy atom. The highest BCUT2D eigenvalue weighted by atomic mass is 32.2. The summed E-state index contributed by atoms with van der Waals surface area (Å²) in [6.45, 7) is 0. The first-order valence-electron chi connectivity index (χ1n) is 4.05. The Morgan fingerprint density at radius 1 is 1.19 bits per heavy atom. The molecule has 86 valence electrons. The molecule has 1 rings (SSSR count). The van der Waals surface area contributed by atoms with Crippen molar-refractivity contribution in [3.05, 3.63) is 30.3 Å². The van der Waals surface area contributed by atoms with E-state index < -0.39 is 26.2 Å². The predicted octanol–water partition coefficient (Wildman–Crippen LogP) is 1.91. The van der Waals surface area contributed by atoms with Crippen LogP contribution in [0.25, 0.3) is 0 Å². The van der Waals surface area contributed by atoms with E-state index >= 15 is 0 Å². The lowest BCUT2D eigenvalue weighted by atomic mass is 10.4. The van der Waals surface area contributed by atoms with Crippen LogP contribution >= 0.6 is 0 Å². The van der Waals surface area contributed by atoms with Crippen LogP contribution < -0.4 is 0 Å². The molecule has 0 bridgehead atoms. The van der Waals surface area contributed by atoms with E-state index in [1.54, 1.807) is 0 Å². The van der Waals surface area contributed by atoms with Gasteiger partial charge in [0.15, 0.2) is 0 Å². The summed E-state index contributed by atoms with van der Waals surface area (Å²) >= 11 is 0. The molecule has 0 spiro atoms. The molecule has 1 unspecified atom stereocenters. The van der Waals surface area contributed by atoms with Crippen LogP contribution in [0.1, 0.15) is 0 Å². The highest BCUT2D eigenvalue weighted by Crippen LogP contribution is 2.29. The zero-order chi connectivity index (χ0) is 12.4. The van der Waals surface area contributed by atoms with Crippen molar-refractivity contribution in [2.45, 2.75) is 16.3 Å². The zero-order valence-corrected chi connectivity index (χ0v) is 8.59. The molecule has 1 aromatic carbocycles. The topological polar surface area (TPSA) is 57.9 Å². The van der Waals surface area contributed by atoms with Gasteiger partial charge in [-0.3, -0.25) is 0 Å². The lowest BCUT2D eigenvalue weighted by Crippen LogP contribution is -2.35. The van der Waals surface area contributed by atoms with Gasteiger partial charge < -0.3 is 0 Å². The van der Waals surface area contributed by atoms with Crippen molar-refractivity contribution in [1.29, 1.82) is 5.26 Å². The van der Waals surface area contributed by atoms with E-state index in [-0.39, 0.29) is 0 Å². The Morgan fingerprint density at radius 3 is 2.06 bits per heavy atom. The SMILES string of the molecule is N#CC(C(F)(F)F)S(=O)(=O)c1ccccc1. The molecule has 0 amide bonds. The molecular weight excluding hydrogens is 243 g/mol. The molecule has 0 saturated carbocycles. The van der Waals surface area contributed by atoms with Crippen LogP contribution in [0.2, 0.25) is 0 Å². The minimum atomic E-state index is -5.09. The van der Waals surface area contributed by atoms with E-state index in [9.17, 15) is 21.6 Å². The minimum Gasteiger partial charge on any atom is -0.222 e. The summed E-state index contributed by atoms with van der Waals surface area (Å²) in [6, 6.07) is 6.85. The highest BCUT2D eigenvalue weighted by molar-refractivity contribution is 7.92. The van der Waals surface area contributed by atoms with Crippen molar-refractivity contribution in [3.63, 3.8) is 0 Å². The Balaban J connectivity index is 3.28. The van der Waals surface area contributed by atoms with Gasteiger partial charge >= 0.3 is 6.18 Å². The molecule has 1 aromatic rings. The Hall–Kier alpha value is -1.55. The predicted molar refractivity (Wildman–Crippen MR) is 49.1 cm³/mol. The van der Waals surface area contributed by atoms with E-state index in [4.69, 9.17) is 5.26 Å². The minimum absolute atomic E-state index is 0.515. The van der Waals surface area contributed by atoms with E-state index in [1.165, 1.54) is 18.2 Å². The number of rotatable bonds is 2. The number of benzene rings is 1. The van der Waals surface area contributed by atoms with E-state index in [0.717, 1.165) is 18.2 Å². The number of halogens is 3. The zero-order valence-electron chi connectivity index (χ0n) is 7.77. The molecule has 0 fully saturated rings. The van der Waals surface area contributed by atoms with Crippen molar-refractivity contribution >= 4 is 9.84 Å². The third kappa shape index (κ3) is 2.33. The molecule has 0 saturated heterocycles. The summed E-state index contributed by atoms with van der Waals surface area (Å²) < 4.78 is 59.8. The first kappa shape index (κ1) is 12.5. The van der Waals surface area contributed by atoms with Crippen LogP contribution in [-0.4, -0.2) is 19.8 Å². The molecular formula is C9H6F3NO2S. The molecule has 0 N–H and O–H groups in total. The molecule has 0 aliphatic heterocycles. The fourth-order valence-electron chi connectivity index (χ4n) is 1.06. The quantitative estimate of drug-likeness (QED) is 0.804. The maximum atomic E-state index is 12.3. The van der Waals surface area contributed by atoms with Crippen LogP contribution in [0.5, 0.6) is 0 Å². The van der Waals surface area contributed by atoms with Crippen molar-refractivity contribution in [2.75, 3.05) is 0 Å². The average Bonchev–Trinajstić information content (AvgIpc) is 2.17. The van der Waals surface area contributed by atoms with Gasteiger partial charge in [0.25, 0.3) is 0 Å². The fourth-order valence-corrected chi connectivity index (χ4v) is 2.36. The number of hydrogen-bond donors (Lipinski definition) is 0. The summed E-state index contributed by atoms with van der Waals surface area (Å²) in [5.74, 6) is 0. The van der Waals surface area contributed by atoms with E-state index in [1.807, 2.05) is 0 Å². The monoisotopic (exact) mass is 249 g/mol. The third-order valence-electron chi connectivity index (χ3n) is 1.80. The second-order valence-electron chi connectivity index (χ2n) is 2.91. The van der Waals surface area contributed by atoms with E-state index in [0.29, 0.717) is 0 Å². The van der Waals surface area contributed by atoms with Crippen molar-refractivity contribution in [2.24, 2.45) is 0 Å². The second kappa shape index (κ2) is 4.14. The number of nitriles is 1. The Labute approximate surface area is 90.0 Å². The molecule has 0 heterocycles. The normalized spacial score (nSPS) is 14.1. The van der Waals surface area contributed by atoms with Gasteiger partial charge in [0, 0.05) is 0 Å². The van der Waals surface area contributed by atoms with Crippen molar-refractivity contribution in [3.8, 4) is 6.07 Å². The van der Waals surface area contributed by atoms with Crippen molar-refractivity contribution < 1.29 is 21.6 Å². The van der Waals surface area contributed by atoms with Crippen LogP contribution in [0.15, 0.2) is 35.2 Å². The van der Waals surface area contributed by atoms with Crippen molar-refractivity contribution in [1.82, 2.24) is 0 Å². The summed E-state index contributed by atoms with van der Waals surface area (Å²) in [5, 5.41) is 5.28. The summed E-state index contributed by atoms with van der Waals surface area (Å²) in [6.07, 6.45) is -5.09. The van der Waals surface area contributed by atoms with Gasteiger partial charge in [-0.05, 0) is 12.1 Å². The maximum Gasteiger partial charge on any atom is 0.418 e. The van der Waals surface area contributed by atoms with Gasteiger partial charge in [-0.2, -0.15) is 18.4 Å². The Bertz CT molecular complexity index is 502. The Kier molecular flexibility index (Phi) is 3.24. The number of hydrogen-bond acceptors (Lipinski definition) is 3. The van der Waals surface area contributed by atoms with Crippen LogP contribution in [0.3, 0.4) is 0 Å². The fraction of sp³-hybridized carbons (Fsp3) is 0.222. The van der Waals surface area contributed by atoms with Crippen LogP contribution in [-0.2, 0) is 9.84 Å². The summed E-state index contributed by atoms with van der Waals surface area (Å²) in [7, 11) is -4.69. The van der Waals surface area contributed by atoms with Gasteiger partial charge in [-0.25, -0.2) is 8.42 Å². The molecule has 0 aromatic heterocycles. The lowest BCUT2D eigenvalue weighted by molar-refractivity contribution is -0.120. The second-order valence-corrected chi connectivity index (χ2v) is 4.94. The van der Waals surface area contributed by atoms with Gasteiger partial charge in [0.05, 0.1) is 11.0 Å². The lowest BCUT2D eigenvalue weighted by Gasteiger charge is -2.13. The summed E-state index contributed by atoms with van der Waals surface area (Å²) in [5.41, 5.74) is 0. The van der Waals surface area contributed by atoms with Gasteiger partial charge in [0.1, 0.15) is 0 Å². The van der Waals surface area contributed by atoms with Gasteiger partial charge in [-0.1, -0.05) is 18.2 Å². The first-order chi connectivity index (χ1) is 7.30. The first-order valence-corrected chi connectivity index (χ1v) is 5.60. The third-order valence-corrected chi connectivity index (χ3v) is 3.72. The number of alkyl halides is 3. The standard InChI is InChI=1S/C9H6F3NO2S/c10-9(11,12)8(6-13)16(14,15)7-4-2-1-3-5-7/h1-5,8H. The molecule has 0 aliphatic carbocycles. The molecule has 0 radical (unpaired) electrons. The van der Waals surface area contributed by atoms with E-state index in [2.05, 4.69) is 0 Å². The number of sulfone groups is 1. The van der Waals surface area contributed by atoms with Gasteiger partial charge in [-0.15, -0.1) is 0 Å². The average molecular weight is 249 g/mol. The van der Waals surface area contributed by atoms with Gasteiger partial charge in [0.2, 0.25) is 15.1 Å². The molecule has 3 nitrogen and oxygen atoms in total. The molecule has 1 atom stereocenters. The highest BCUT2D eigenvalue weighted by Gasteiger charge is 2.49. The molecule has 16 heavy (non-hydrogen) atoms. The van der Waals surface area contributed by atoms with Crippen LogP contribution in [0.4, 0.5) is 13.2 Å². The van der Waals surface area contributed by atoms with Crippen LogP contribution in [0, 0.1) is 11.3 Å². The maximum absolute atomic E-state index is 12.3. The summed E-state index contributed by atoms with van der Waals surface area (Å²) in [4.78, 5) is -0.515. The largest absolute Gasteiger partial charge is 0.418 e. The smallest absolute Gasteiger partial charge is 0.222 e. The number of nitrogens with zero attached hydrogens (tertiary/aromatic N) is 1.